The monoisotopic (exact) mass is 254 g/mol. The van der Waals surface area contributed by atoms with Crippen molar-refractivity contribution in [3.8, 4) is 0 Å². The molecular formula is C10H14N4S2. The van der Waals surface area contributed by atoms with Crippen LogP contribution in [0.25, 0.3) is 0 Å². The van der Waals surface area contributed by atoms with E-state index < -0.39 is 0 Å². The van der Waals surface area contributed by atoms with Crippen molar-refractivity contribution in [3.63, 3.8) is 0 Å². The van der Waals surface area contributed by atoms with Crippen LogP contribution in [0.2, 0.25) is 0 Å². The molecule has 2 heterocycles. The van der Waals surface area contributed by atoms with Gasteiger partial charge in [-0.3, -0.25) is 0 Å². The predicted molar refractivity (Wildman–Crippen MR) is 69.1 cm³/mol. The summed E-state index contributed by atoms with van der Waals surface area (Å²) < 4.78 is 0. The van der Waals surface area contributed by atoms with Gasteiger partial charge in [0.1, 0.15) is 0 Å². The SMILES string of the molecule is CN(C)c1nc(CNCc2cscn2)cs1. The van der Waals surface area contributed by atoms with E-state index in [2.05, 4.69) is 26.0 Å². The average molecular weight is 254 g/mol. The van der Waals surface area contributed by atoms with Crippen molar-refractivity contribution in [1.82, 2.24) is 15.3 Å². The maximum absolute atomic E-state index is 4.49. The first-order valence-electron chi connectivity index (χ1n) is 4.95. The van der Waals surface area contributed by atoms with E-state index >= 15 is 0 Å². The van der Waals surface area contributed by atoms with E-state index in [1.807, 2.05) is 24.5 Å². The van der Waals surface area contributed by atoms with Crippen molar-refractivity contribution in [2.45, 2.75) is 13.1 Å². The van der Waals surface area contributed by atoms with Gasteiger partial charge in [0.25, 0.3) is 0 Å². The van der Waals surface area contributed by atoms with Crippen LogP contribution in [0, 0.1) is 0 Å². The highest BCUT2D eigenvalue weighted by Gasteiger charge is 2.03. The lowest BCUT2D eigenvalue weighted by Crippen LogP contribution is -2.13. The molecule has 0 aromatic carbocycles. The first kappa shape index (κ1) is 11.5. The molecule has 0 saturated carbocycles. The minimum atomic E-state index is 0.794. The summed E-state index contributed by atoms with van der Waals surface area (Å²) in [7, 11) is 4.01. The summed E-state index contributed by atoms with van der Waals surface area (Å²) in [5.74, 6) is 0. The van der Waals surface area contributed by atoms with Gasteiger partial charge in [-0.2, -0.15) is 0 Å². The van der Waals surface area contributed by atoms with Gasteiger partial charge in [-0.05, 0) is 0 Å². The Morgan fingerprint density at radius 1 is 1.25 bits per heavy atom. The summed E-state index contributed by atoms with van der Waals surface area (Å²) in [6, 6.07) is 0. The Morgan fingerprint density at radius 2 is 2.06 bits per heavy atom. The topological polar surface area (TPSA) is 41.1 Å². The normalized spacial score (nSPS) is 10.6. The minimum Gasteiger partial charge on any atom is -0.354 e. The van der Waals surface area contributed by atoms with Crippen molar-refractivity contribution in [2.75, 3.05) is 19.0 Å². The molecule has 0 unspecified atom stereocenters. The number of thiazole rings is 2. The number of hydrogen-bond donors (Lipinski definition) is 1. The Bertz CT molecular complexity index is 422. The molecule has 0 aliphatic carbocycles. The fraction of sp³-hybridized carbons (Fsp3) is 0.400. The molecule has 0 saturated heterocycles. The molecule has 86 valence electrons. The molecule has 6 heteroatoms. The molecule has 2 aromatic heterocycles. The molecule has 0 aliphatic rings. The van der Waals surface area contributed by atoms with E-state index in [4.69, 9.17) is 0 Å². The highest BCUT2D eigenvalue weighted by Crippen LogP contribution is 2.17. The first-order chi connectivity index (χ1) is 7.75. The van der Waals surface area contributed by atoms with Crippen LogP contribution < -0.4 is 10.2 Å². The van der Waals surface area contributed by atoms with Gasteiger partial charge in [0, 0.05) is 37.9 Å². The fourth-order valence-corrected chi connectivity index (χ4v) is 2.54. The van der Waals surface area contributed by atoms with Gasteiger partial charge < -0.3 is 10.2 Å². The Labute approximate surface area is 103 Å². The Kier molecular flexibility index (Phi) is 3.87. The van der Waals surface area contributed by atoms with Crippen molar-refractivity contribution < 1.29 is 0 Å². The molecule has 0 amide bonds. The summed E-state index contributed by atoms with van der Waals surface area (Å²) in [5, 5.41) is 8.51. The molecule has 0 spiro atoms. The van der Waals surface area contributed by atoms with Gasteiger partial charge >= 0.3 is 0 Å². The second-order valence-electron chi connectivity index (χ2n) is 3.60. The fourth-order valence-electron chi connectivity index (χ4n) is 1.23. The summed E-state index contributed by atoms with van der Waals surface area (Å²) in [5.41, 5.74) is 4.03. The van der Waals surface area contributed by atoms with Crippen molar-refractivity contribution in [3.05, 3.63) is 27.7 Å². The number of nitrogens with one attached hydrogen (secondary N) is 1. The molecule has 4 nitrogen and oxygen atoms in total. The average Bonchev–Trinajstić information content (AvgIpc) is 2.87. The van der Waals surface area contributed by atoms with E-state index in [9.17, 15) is 0 Å². The van der Waals surface area contributed by atoms with Crippen LogP contribution in [0.3, 0.4) is 0 Å². The second-order valence-corrected chi connectivity index (χ2v) is 5.15. The Morgan fingerprint density at radius 3 is 2.69 bits per heavy atom. The van der Waals surface area contributed by atoms with Crippen LogP contribution in [0.4, 0.5) is 5.13 Å². The third kappa shape index (κ3) is 3.01. The van der Waals surface area contributed by atoms with Gasteiger partial charge in [0.15, 0.2) is 5.13 Å². The zero-order chi connectivity index (χ0) is 11.4. The van der Waals surface area contributed by atoms with Crippen LogP contribution in [0.1, 0.15) is 11.4 Å². The van der Waals surface area contributed by atoms with Crippen molar-refractivity contribution >= 4 is 27.8 Å². The smallest absolute Gasteiger partial charge is 0.185 e. The van der Waals surface area contributed by atoms with Crippen molar-refractivity contribution in [1.29, 1.82) is 0 Å². The number of nitrogens with zero attached hydrogens (tertiary/aromatic N) is 3. The number of aromatic nitrogens is 2. The lowest BCUT2D eigenvalue weighted by Gasteiger charge is -2.05. The standard InChI is InChI=1S/C10H14N4S2/c1-14(2)10-13-9(6-16-10)4-11-3-8-5-15-7-12-8/h5-7,11H,3-4H2,1-2H3. The highest BCUT2D eigenvalue weighted by molar-refractivity contribution is 7.13. The van der Waals surface area contributed by atoms with Crippen LogP contribution in [-0.2, 0) is 13.1 Å². The lowest BCUT2D eigenvalue weighted by atomic mass is 10.4. The largest absolute Gasteiger partial charge is 0.354 e. The molecule has 1 N–H and O–H groups in total. The molecular weight excluding hydrogens is 240 g/mol. The predicted octanol–water partition coefficient (Wildman–Crippen LogP) is 1.96. The van der Waals surface area contributed by atoms with Gasteiger partial charge in [-0.25, -0.2) is 9.97 Å². The third-order valence-corrected chi connectivity index (χ3v) is 3.71. The van der Waals surface area contributed by atoms with Crippen molar-refractivity contribution in [2.24, 2.45) is 0 Å². The third-order valence-electron chi connectivity index (χ3n) is 2.02. The van der Waals surface area contributed by atoms with E-state index in [0.717, 1.165) is 29.6 Å². The zero-order valence-corrected chi connectivity index (χ0v) is 10.9. The molecule has 16 heavy (non-hydrogen) atoms. The summed E-state index contributed by atoms with van der Waals surface area (Å²) in [6.07, 6.45) is 0. The molecule has 2 aromatic rings. The zero-order valence-electron chi connectivity index (χ0n) is 9.30. The van der Waals surface area contributed by atoms with Gasteiger partial charge in [-0.15, -0.1) is 22.7 Å². The molecule has 0 fully saturated rings. The molecule has 0 bridgehead atoms. The molecule has 0 atom stereocenters. The van der Waals surface area contributed by atoms with E-state index in [1.54, 1.807) is 22.7 Å². The van der Waals surface area contributed by atoms with E-state index in [0.29, 0.717) is 0 Å². The maximum Gasteiger partial charge on any atom is 0.185 e. The van der Waals surface area contributed by atoms with Gasteiger partial charge in [-0.1, -0.05) is 0 Å². The Hall–Kier alpha value is -0.980. The Balaban J connectivity index is 1.81. The number of hydrogen-bond acceptors (Lipinski definition) is 6. The highest BCUT2D eigenvalue weighted by atomic mass is 32.1. The van der Waals surface area contributed by atoms with Crippen LogP contribution >= 0.6 is 22.7 Å². The van der Waals surface area contributed by atoms with E-state index in [-0.39, 0.29) is 0 Å². The second kappa shape index (κ2) is 5.38. The van der Waals surface area contributed by atoms with E-state index in [1.165, 1.54) is 0 Å². The summed E-state index contributed by atoms with van der Waals surface area (Å²) in [6.45, 7) is 1.60. The molecule has 0 aliphatic heterocycles. The van der Waals surface area contributed by atoms with Gasteiger partial charge in [0.05, 0.1) is 16.9 Å². The summed E-state index contributed by atoms with van der Waals surface area (Å²) >= 11 is 3.29. The minimum absolute atomic E-state index is 0.794. The quantitative estimate of drug-likeness (QED) is 0.885. The molecule has 0 radical (unpaired) electrons. The van der Waals surface area contributed by atoms with Gasteiger partial charge in [0.2, 0.25) is 0 Å². The van der Waals surface area contributed by atoms with Crippen LogP contribution in [0.15, 0.2) is 16.3 Å². The lowest BCUT2D eigenvalue weighted by molar-refractivity contribution is 0.672. The number of anilines is 1. The maximum atomic E-state index is 4.49. The van der Waals surface area contributed by atoms with Crippen LogP contribution in [0.5, 0.6) is 0 Å². The number of rotatable bonds is 5. The summed E-state index contributed by atoms with van der Waals surface area (Å²) in [4.78, 5) is 10.7. The van der Waals surface area contributed by atoms with Crippen LogP contribution in [-0.4, -0.2) is 24.1 Å². The first-order valence-corrected chi connectivity index (χ1v) is 6.77. The molecule has 2 rings (SSSR count).